The maximum atomic E-state index is 12.1. The molecule has 7 heteroatoms. The zero-order valence-electron chi connectivity index (χ0n) is 11.9. The predicted octanol–water partition coefficient (Wildman–Crippen LogP) is 2.46. The molecule has 0 bridgehead atoms. The summed E-state index contributed by atoms with van der Waals surface area (Å²) < 4.78 is 29.2. The summed E-state index contributed by atoms with van der Waals surface area (Å²) in [6.45, 7) is 1.86. The highest BCUT2D eigenvalue weighted by Crippen LogP contribution is 2.19. The second kappa shape index (κ2) is 7.53. The smallest absolute Gasteiger partial charge is 0.297 e. The molecule has 0 saturated carbocycles. The number of carbonyl (C=O) groups excluding carboxylic acids is 1. The third kappa shape index (κ3) is 4.66. The minimum Gasteiger partial charge on any atom is -0.300 e. The Morgan fingerprint density at radius 3 is 2.55 bits per heavy atom. The molecule has 1 unspecified atom stereocenters. The van der Waals surface area contributed by atoms with Crippen LogP contribution in [-0.4, -0.2) is 31.5 Å². The van der Waals surface area contributed by atoms with Crippen molar-refractivity contribution >= 4 is 28.2 Å². The van der Waals surface area contributed by atoms with Crippen molar-refractivity contribution < 1.29 is 17.4 Å². The summed E-state index contributed by atoms with van der Waals surface area (Å²) in [5.41, 5.74) is 0.941. The van der Waals surface area contributed by atoms with Gasteiger partial charge in [0.2, 0.25) is 0 Å². The fourth-order valence-corrected chi connectivity index (χ4v) is 3.51. The van der Waals surface area contributed by atoms with Crippen LogP contribution >= 0.6 is 11.8 Å². The number of aryl methyl sites for hydroxylation is 1. The van der Waals surface area contributed by atoms with E-state index in [9.17, 15) is 13.2 Å². The van der Waals surface area contributed by atoms with E-state index in [1.54, 1.807) is 30.5 Å². The second-order valence-electron chi connectivity index (χ2n) is 4.52. The van der Waals surface area contributed by atoms with Crippen LogP contribution in [-0.2, 0) is 19.1 Å². The minimum absolute atomic E-state index is 0.0350. The zero-order valence-corrected chi connectivity index (χ0v) is 13.5. The first-order valence-corrected chi connectivity index (χ1v) is 8.90. The average molecular weight is 337 g/mol. The van der Waals surface area contributed by atoms with Gasteiger partial charge in [-0.2, -0.15) is 8.42 Å². The van der Waals surface area contributed by atoms with Gasteiger partial charge in [0.1, 0.15) is 6.10 Å². The van der Waals surface area contributed by atoms with Crippen molar-refractivity contribution in [2.45, 2.75) is 22.9 Å². The summed E-state index contributed by atoms with van der Waals surface area (Å²) in [5.74, 6) is 0.172. The largest absolute Gasteiger partial charge is 0.300 e. The standard InChI is InChI=1S/C15H15NO4S2/c1-12-5-7-14(8-6-12)22(18,19)20-13(10-17)11-21-15-4-2-3-9-16-15/h2-10,13H,11H2,1H3. The maximum absolute atomic E-state index is 12.1. The van der Waals surface area contributed by atoms with Crippen LogP contribution in [0.4, 0.5) is 0 Å². The van der Waals surface area contributed by atoms with Crippen LogP contribution in [0, 0.1) is 6.92 Å². The lowest BCUT2D eigenvalue weighted by molar-refractivity contribution is -0.112. The van der Waals surface area contributed by atoms with Crippen molar-refractivity contribution in [1.82, 2.24) is 4.98 Å². The lowest BCUT2D eigenvalue weighted by atomic mass is 10.2. The molecule has 2 aromatic rings. The number of hydrogen-bond acceptors (Lipinski definition) is 6. The van der Waals surface area contributed by atoms with Crippen molar-refractivity contribution in [3.63, 3.8) is 0 Å². The number of aromatic nitrogens is 1. The van der Waals surface area contributed by atoms with E-state index in [0.29, 0.717) is 11.3 Å². The van der Waals surface area contributed by atoms with Crippen LogP contribution in [0.3, 0.4) is 0 Å². The fraction of sp³-hybridized carbons (Fsp3) is 0.200. The lowest BCUT2D eigenvalue weighted by Gasteiger charge is -2.11. The van der Waals surface area contributed by atoms with Crippen LogP contribution in [0.5, 0.6) is 0 Å². The molecule has 1 aromatic carbocycles. The Hall–Kier alpha value is -1.70. The van der Waals surface area contributed by atoms with E-state index in [-0.39, 0.29) is 10.6 Å². The van der Waals surface area contributed by atoms with Crippen molar-refractivity contribution in [3.05, 3.63) is 54.2 Å². The molecule has 22 heavy (non-hydrogen) atoms. The van der Waals surface area contributed by atoms with Crippen molar-refractivity contribution in [2.75, 3.05) is 5.75 Å². The number of pyridine rings is 1. The summed E-state index contributed by atoms with van der Waals surface area (Å²) in [5, 5.41) is 0.700. The van der Waals surface area contributed by atoms with Crippen LogP contribution in [0.2, 0.25) is 0 Å². The molecule has 0 spiro atoms. The van der Waals surface area contributed by atoms with E-state index in [0.717, 1.165) is 5.56 Å². The van der Waals surface area contributed by atoms with E-state index in [1.807, 2.05) is 13.0 Å². The van der Waals surface area contributed by atoms with Crippen molar-refractivity contribution in [2.24, 2.45) is 0 Å². The van der Waals surface area contributed by atoms with Gasteiger partial charge in [0.05, 0.1) is 9.92 Å². The first-order chi connectivity index (χ1) is 10.5. The third-order valence-electron chi connectivity index (χ3n) is 2.74. The van der Waals surface area contributed by atoms with E-state index in [4.69, 9.17) is 4.18 Å². The Bertz CT molecular complexity index is 715. The molecule has 1 heterocycles. The van der Waals surface area contributed by atoms with Gasteiger partial charge < -0.3 is 4.79 Å². The van der Waals surface area contributed by atoms with Crippen LogP contribution < -0.4 is 0 Å². The van der Waals surface area contributed by atoms with Gasteiger partial charge in [0, 0.05) is 11.9 Å². The number of carbonyl (C=O) groups is 1. The second-order valence-corrected chi connectivity index (χ2v) is 7.13. The molecule has 2 rings (SSSR count). The van der Waals surface area contributed by atoms with Gasteiger partial charge >= 0.3 is 0 Å². The molecule has 0 N–H and O–H groups in total. The molecule has 1 aromatic heterocycles. The third-order valence-corrected chi connectivity index (χ3v) is 5.13. The minimum atomic E-state index is -3.96. The highest BCUT2D eigenvalue weighted by atomic mass is 32.2. The molecule has 0 aliphatic rings. The van der Waals surface area contributed by atoms with Gasteiger partial charge in [0.25, 0.3) is 10.1 Å². The Kier molecular flexibility index (Phi) is 5.70. The summed E-state index contributed by atoms with van der Waals surface area (Å²) >= 11 is 1.26. The first kappa shape index (κ1) is 16.7. The van der Waals surface area contributed by atoms with E-state index < -0.39 is 16.2 Å². The van der Waals surface area contributed by atoms with Crippen LogP contribution in [0.25, 0.3) is 0 Å². The molecule has 0 aliphatic carbocycles. The van der Waals surface area contributed by atoms with E-state index in [2.05, 4.69) is 4.98 Å². The van der Waals surface area contributed by atoms with Gasteiger partial charge in [0.15, 0.2) is 6.29 Å². The molecule has 116 valence electrons. The Morgan fingerprint density at radius 2 is 1.95 bits per heavy atom. The summed E-state index contributed by atoms with van der Waals surface area (Å²) in [6, 6.07) is 11.6. The van der Waals surface area contributed by atoms with E-state index >= 15 is 0 Å². The van der Waals surface area contributed by atoms with Crippen LogP contribution in [0.1, 0.15) is 5.56 Å². The quantitative estimate of drug-likeness (QED) is 0.439. The SMILES string of the molecule is Cc1ccc(S(=O)(=O)OC(C=O)CSc2ccccn2)cc1. The molecule has 1 atom stereocenters. The molecule has 0 radical (unpaired) electrons. The van der Waals surface area contributed by atoms with Crippen LogP contribution in [0.15, 0.2) is 58.6 Å². The molecule has 5 nitrogen and oxygen atoms in total. The van der Waals surface area contributed by atoms with Gasteiger partial charge in [-0.1, -0.05) is 23.8 Å². The molecular weight excluding hydrogens is 322 g/mol. The summed E-state index contributed by atoms with van der Waals surface area (Å²) in [6.07, 6.45) is 1.06. The molecule has 0 saturated heterocycles. The molecular formula is C15H15NO4S2. The number of nitrogens with zero attached hydrogens (tertiary/aromatic N) is 1. The number of rotatable bonds is 7. The van der Waals surface area contributed by atoms with Gasteiger partial charge in [-0.05, 0) is 31.2 Å². The number of aldehydes is 1. The predicted molar refractivity (Wildman–Crippen MR) is 84.3 cm³/mol. The fourth-order valence-electron chi connectivity index (χ4n) is 1.61. The Morgan fingerprint density at radius 1 is 1.23 bits per heavy atom. The first-order valence-electron chi connectivity index (χ1n) is 6.50. The number of benzene rings is 1. The van der Waals surface area contributed by atoms with Gasteiger partial charge in [-0.15, -0.1) is 11.8 Å². The Balaban J connectivity index is 2.02. The van der Waals surface area contributed by atoms with Gasteiger partial charge in [-0.25, -0.2) is 4.98 Å². The number of thioether (sulfide) groups is 1. The lowest BCUT2D eigenvalue weighted by Crippen LogP contribution is -2.22. The maximum Gasteiger partial charge on any atom is 0.297 e. The molecule has 0 amide bonds. The van der Waals surface area contributed by atoms with Gasteiger partial charge in [-0.3, -0.25) is 4.18 Å². The normalized spacial score (nSPS) is 12.8. The Labute approximate surface area is 133 Å². The highest BCUT2D eigenvalue weighted by molar-refractivity contribution is 7.99. The highest BCUT2D eigenvalue weighted by Gasteiger charge is 2.21. The summed E-state index contributed by atoms with van der Waals surface area (Å²) in [4.78, 5) is 15.2. The monoisotopic (exact) mass is 337 g/mol. The molecule has 0 aliphatic heterocycles. The molecule has 0 fully saturated rings. The summed E-state index contributed by atoms with van der Waals surface area (Å²) in [7, 11) is -3.96. The zero-order chi connectivity index (χ0) is 16.0. The van der Waals surface area contributed by atoms with E-state index in [1.165, 1.54) is 23.9 Å². The van der Waals surface area contributed by atoms with Crippen molar-refractivity contribution in [3.8, 4) is 0 Å². The number of hydrogen-bond donors (Lipinski definition) is 0. The average Bonchev–Trinajstić information content (AvgIpc) is 2.52. The topological polar surface area (TPSA) is 73.3 Å². The van der Waals surface area contributed by atoms with Crippen molar-refractivity contribution in [1.29, 1.82) is 0 Å².